The minimum absolute atomic E-state index is 0.796. The number of benzene rings is 3. The first-order valence-electron chi connectivity index (χ1n) is 11.9. The summed E-state index contributed by atoms with van der Waals surface area (Å²) in [6, 6.07) is 23.5. The van der Waals surface area contributed by atoms with Gasteiger partial charge in [-0.2, -0.15) is 0 Å². The van der Waals surface area contributed by atoms with E-state index in [0.29, 0.717) is 0 Å². The highest BCUT2D eigenvalue weighted by atomic mass is 14.3. The maximum Gasteiger partial charge on any atom is -0.0162 e. The third kappa shape index (κ3) is 5.10. The van der Waals surface area contributed by atoms with Crippen LogP contribution in [0.2, 0.25) is 0 Å². The molecule has 4 rings (SSSR count). The Morgan fingerprint density at radius 2 is 1.17 bits per heavy atom. The van der Waals surface area contributed by atoms with E-state index < -0.39 is 0 Å². The fourth-order valence-electron chi connectivity index (χ4n) is 5.09. The van der Waals surface area contributed by atoms with Crippen molar-refractivity contribution in [3.05, 3.63) is 82.9 Å². The van der Waals surface area contributed by atoms with Crippen molar-refractivity contribution in [2.45, 2.75) is 77.6 Å². The number of hydrogen-bond acceptors (Lipinski definition) is 0. The van der Waals surface area contributed by atoms with Gasteiger partial charge in [0.2, 0.25) is 0 Å². The van der Waals surface area contributed by atoms with Gasteiger partial charge in [0, 0.05) is 0 Å². The fraction of sp³-hybridized carbons (Fsp3) is 0.448. The average molecular weight is 385 g/mol. The second kappa shape index (κ2) is 9.61. The number of rotatable bonds is 7. The second-order valence-corrected chi connectivity index (χ2v) is 9.13. The first-order chi connectivity index (χ1) is 14.2. The van der Waals surface area contributed by atoms with Crippen LogP contribution in [0.5, 0.6) is 0 Å². The predicted molar refractivity (Wildman–Crippen MR) is 127 cm³/mol. The van der Waals surface area contributed by atoms with Crippen molar-refractivity contribution in [3.8, 4) is 0 Å². The summed E-state index contributed by atoms with van der Waals surface area (Å²) < 4.78 is 0. The van der Waals surface area contributed by atoms with Crippen LogP contribution in [0.15, 0.2) is 60.7 Å². The Labute approximate surface area is 177 Å². The molecule has 152 valence electrons. The van der Waals surface area contributed by atoms with Gasteiger partial charge in [-0.15, -0.1) is 0 Å². The third-order valence-electron chi connectivity index (χ3n) is 7.09. The molecule has 0 atom stereocenters. The summed E-state index contributed by atoms with van der Waals surface area (Å²) in [7, 11) is 0. The molecule has 3 aromatic carbocycles. The lowest BCUT2D eigenvalue weighted by atomic mass is 9.78. The summed E-state index contributed by atoms with van der Waals surface area (Å²) in [6.45, 7) is 4.59. The van der Waals surface area contributed by atoms with Gasteiger partial charge in [-0.25, -0.2) is 0 Å². The molecule has 0 aromatic heterocycles. The fourth-order valence-corrected chi connectivity index (χ4v) is 5.09. The minimum atomic E-state index is 0.796. The highest BCUT2D eigenvalue weighted by Crippen LogP contribution is 2.37. The minimum Gasteiger partial charge on any atom is -0.0651 e. The van der Waals surface area contributed by atoms with E-state index in [9.17, 15) is 0 Å². The summed E-state index contributed by atoms with van der Waals surface area (Å²) in [5, 5.41) is 2.75. The summed E-state index contributed by atoms with van der Waals surface area (Å²) in [4.78, 5) is 0. The van der Waals surface area contributed by atoms with Crippen molar-refractivity contribution in [2.75, 3.05) is 0 Å². The Morgan fingerprint density at radius 3 is 1.76 bits per heavy atom. The van der Waals surface area contributed by atoms with E-state index in [2.05, 4.69) is 74.5 Å². The molecule has 0 heterocycles. The largest absolute Gasteiger partial charge is 0.0651 e. The van der Waals surface area contributed by atoms with Crippen LogP contribution in [0.1, 0.15) is 80.5 Å². The molecule has 1 aliphatic carbocycles. The number of hydrogen-bond donors (Lipinski definition) is 0. The zero-order valence-corrected chi connectivity index (χ0v) is 18.3. The van der Waals surface area contributed by atoms with Crippen molar-refractivity contribution in [1.82, 2.24) is 0 Å². The normalized spacial score (nSPS) is 19.5. The molecule has 0 N–H and O–H groups in total. The van der Waals surface area contributed by atoms with E-state index in [1.165, 1.54) is 72.4 Å². The van der Waals surface area contributed by atoms with Gasteiger partial charge in [0.25, 0.3) is 0 Å². The molecule has 0 nitrogen and oxygen atoms in total. The first-order valence-corrected chi connectivity index (χ1v) is 11.9. The summed E-state index contributed by atoms with van der Waals surface area (Å²) in [6.07, 6.45) is 11.6. The van der Waals surface area contributed by atoms with Crippen LogP contribution in [-0.4, -0.2) is 0 Å². The van der Waals surface area contributed by atoms with Crippen LogP contribution in [0, 0.1) is 5.92 Å². The lowest BCUT2D eigenvalue weighted by Gasteiger charge is -2.28. The van der Waals surface area contributed by atoms with Crippen LogP contribution in [0.25, 0.3) is 10.8 Å². The molecule has 0 unspecified atom stereocenters. The van der Waals surface area contributed by atoms with Crippen LogP contribution in [-0.2, 0) is 19.3 Å². The summed E-state index contributed by atoms with van der Waals surface area (Å²) in [5.74, 6) is 1.77. The van der Waals surface area contributed by atoms with Gasteiger partial charge in [0.15, 0.2) is 0 Å². The molecule has 1 saturated carbocycles. The van der Waals surface area contributed by atoms with Crippen molar-refractivity contribution in [2.24, 2.45) is 5.92 Å². The van der Waals surface area contributed by atoms with Gasteiger partial charge in [-0.05, 0) is 89.8 Å². The van der Waals surface area contributed by atoms with E-state index in [-0.39, 0.29) is 0 Å². The van der Waals surface area contributed by atoms with Crippen molar-refractivity contribution in [3.63, 3.8) is 0 Å². The zero-order chi connectivity index (χ0) is 20.1. The van der Waals surface area contributed by atoms with Gasteiger partial charge < -0.3 is 0 Å². The van der Waals surface area contributed by atoms with Crippen LogP contribution in [0.4, 0.5) is 0 Å². The zero-order valence-electron chi connectivity index (χ0n) is 18.3. The van der Waals surface area contributed by atoms with E-state index in [4.69, 9.17) is 0 Å². The molecule has 0 spiro atoms. The molecule has 0 heteroatoms. The Balaban J connectivity index is 1.35. The lowest BCUT2D eigenvalue weighted by Crippen LogP contribution is -2.12. The molecule has 29 heavy (non-hydrogen) atoms. The molecule has 1 fully saturated rings. The quantitative estimate of drug-likeness (QED) is 0.384. The summed E-state index contributed by atoms with van der Waals surface area (Å²) in [5.41, 5.74) is 5.94. The molecule has 0 saturated heterocycles. The average Bonchev–Trinajstić information content (AvgIpc) is 2.78. The molecular weight excluding hydrogens is 348 g/mol. The molecule has 0 radical (unpaired) electrons. The van der Waals surface area contributed by atoms with Crippen LogP contribution < -0.4 is 0 Å². The molecule has 0 bridgehead atoms. The molecule has 0 amide bonds. The Hall–Kier alpha value is -2.08. The maximum absolute atomic E-state index is 2.40. The maximum atomic E-state index is 2.40. The smallest absolute Gasteiger partial charge is 0.0162 e. The SMILES string of the molecule is CCCc1ccc2cc(CCc3ccc(C4CCC(CC)CC4)cc3)ccc2c1. The highest BCUT2D eigenvalue weighted by molar-refractivity contribution is 5.83. The Kier molecular flexibility index (Phi) is 6.70. The van der Waals surface area contributed by atoms with Crippen LogP contribution in [0.3, 0.4) is 0 Å². The van der Waals surface area contributed by atoms with E-state index >= 15 is 0 Å². The highest BCUT2D eigenvalue weighted by Gasteiger charge is 2.21. The Bertz CT molecular complexity index is 910. The van der Waals surface area contributed by atoms with E-state index in [0.717, 1.165) is 24.7 Å². The van der Waals surface area contributed by atoms with Crippen molar-refractivity contribution in [1.29, 1.82) is 0 Å². The topological polar surface area (TPSA) is 0 Å². The molecule has 0 aliphatic heterocycles. The van der Waals surface area contributed by atoms with E-state index in [1.807, 2.05) is 0 Å². The first kappa shape index (κ1) is 20.2. The Morgan fingerprint density at radius 1 is 0.621 bits per heavy atom. The number of fused-ring (bicyclic) bond motifs is 1. The number of aryl methyl sites for hydroxylation is 3. The molecule has 1 aliphatic rings. The van der Waals surface area contributed by atoms with E-state index in [1.54, 1.807) is 5.56 Å². The van der Waals surface area contributed by atoms with Gasteiger partial charge in [-0.1, -0.05) is 87.4 Å². The second-order valence-electron chi connectivity index (χ2n) is 9.13. The predicted octanol–water partition coefficient (Wildman–Crippen LogP) is 8.26. The van der Waals surface area contributed by atoms with Crippen LogP contribution >= 0.6 is 0 Å². The standard InChI is InChI=1S/C29H36/c1-3-5-24-12-18-29-21-25(13-19-28(29)20-24)7-6-23-10-16-27(17-11-23)26-14-8-22(4-2)9-15-26/h10-13,16-22,26H,3-9,14-15H2,1-2H3. The van der Waals surface area contributed by atoms with Crippen molar-refractivity contribution >= 4 is 10.8 Å². The van der Waals surface area contributed by atoms with Gasteiger partial charge in [0.1, 0.15) is 0 Å². The lowest BCUT2D eigenvalue weighted by molar-refractivity contribution is 0.319. The summed E-state index contributed by atoms with van der Waals surface area (Å²) >= 11 is 0. The van der Waals surface area contributed by atoms with Crippen molar-refractivity contribution < 1.29 is 0 Å². The molecular formula is C29H36. The molecule has 3 aromatic rings. The third-order valence-corrected chi connectivity index (χ3v) is 7.09. The van der Waals surface area contributed by atoms with Gasteiger partial charge >= 0.3 is 0 Å². The van der Waals surface area contributed by atoms with Gasteiger partial charge in [0.05, 0.1) is 0 Å². The van der Waals surface area contributed by atoms with Gasteiger partial charge in [-0.3, -0.25) is 0 Å². The monoisotopic (exact) mass is 384 g/mol.